The highest BCUT2D eigenvalue weighted by molar-refractivity contribution is 8.14. The molecule has 0 fully saturated rings. The Labute approximate surface area is 67.3 Å². The highest BCUT2D eigenvalue weighted by Gasteiger charge is 2.28. The van der Waals surface area contributed by atoms with Crippen LogP contribution in [0, 0.1) is 5.41 Å². The lowest BCUT2D eigenvalue weighted by molar-refractivity contribution is 0.402. The van der Waals surface area contributed by atoms with Crippen molar-refractivity contribution in [2.75, 3.05) is 6.54 Å². The normalized spacial score (nSPS) is 26.8. The molecule has 1 aliphatic rings. The standard InChI is InChI=1S/C8H15NS/c1-6-9-5-7(10-6)8(2,3)4/h7H,5H2,1-4H3. The fraction of sp³-hybridized carbons (Fsp3) is 0.875. The van der Waals surface area contributed by atoms with Gasteiger partial charge in [0.05, 0.1) is 11.6 Å². The van der Waals surface area contributed by atoms with Crippen LogP contribution in [0.3, 0.4) is 0 Å². The van der Waals surface area contributed by atoms with Gasteiger partial charge in [-0.1, -0.05) is 20.8 Å². The summed E-state index contributed by atoms with van der Waals surface area (Å²) in [5.74, 6) is 0. The Morgan fingerprint density at radius 3 is 2.30 bits per heavy atom. The average Bonchev–Trinajstić information content (AvgIpc) is 2.11. The third kappa shape index (κ3) is 1.75. The minimum atomic E-state index is 0.409. The van der Waals surface area contributed by atoms with Crippen LogP contribution < -0.4 is 0 Å². The lowest BCUT2D eigenvalue weighted by atomic mass is 9.92. The first kappa shape index (κ1) is 8.12. The van der Waals surface area contributed by atoms with E-state index in [9.17, 15) is 0 Å². The van der Waals surface area contributed by atoms with E-state index in [4.69, 9.17) is 0 Å². The third-order valence-corrected chi connectivity index (χ3v) is 3.37. The van der Waals surface area contributed by atoms with Crippen LogP contribution in [0.5, 0.6) is 0 Å². The van der Waals surface area contributed by atoms with Crippen molar-refractivity contribution in [2.24, 2.45) is 10.4 Å². The molecule has 1 rings (SSSR count). The van der Waals surface area contributed by atoms with Gasteiger partial charge in [0, 0.05) is 5.25 Å². The number of rotatable bonds is 0. The number of nitrogens with zero attached hydrogens (tertiary/aromatic N) is 1. The molecule has 0 aromatic heterocycles. The zero-order valence-electron chi connectivity index (χ0n) is 7.14. The van der Waals surface area contributed by atoms with Crippen LogP contribution in [0.2, 0.25) is 0 Å². The average molecular weight is 157 g/mol. The molecule has 1 nitrogen and oxygen atoms in total. The van der Waals surface area contributed by atoms with Gasteiger partial charge in [0.1, 0.15) is 0 Å². The maximum atomic E-state index is 4.36. The summed E-state index contributed by atoms with van der Waals surface area (Å²) in [5, 5.41) is 1.95. The molecule has 0 spiro atoms. The van der Waals surface area contributed by atoms with Gasteiger partial charge in [-0.15, -0.1) is 11.8 Å². The second kappa shape index (κ2) is 2.57. The van der Waals surface area contributed by atoms with Crippen LogP contribution in [0.4, 0.5) is 0 Å². The molecule has 0 aliphatic carbocycles. The van der Waals surface area contributed by atoms with Gasteiger partial charge in [-0.3, -0.25) is 4.99 Å². The van der Waals surface area contributed by atoms with E-state index in [0.717, 1.165) is 6.54 Å². The summed E-state index contributed by atoms with van der Waals surface area (Å²) in [7, 11) is 0. The molecule has 0 N–H and O–H groups in total. The van der Waals surface area contributed by atoms with Gasteiger partial charge in [-0.2, -0.15) is 0 Å². The Balaban J connectivity index is 2.50. The number of hydrogen-bond donors (Lipinski definition) is 0. The third-order valence-electron chi connectivity index (χ3n) is 1.76. The molecule has 1 atom stereocenters. The van der Waals surface area contributed by atoms with Gasteiger partial charge in [-0.25, -0.2) is 0 Å². The highest BCUT2D eigenvalue weighted by atomic mass is 32.2. The molecular formula is C8H15NS. The van der Waals surface area contributed by atoms with Gasteiger partial charge in [0.2, 0.25) is 0 Å². The van der Waals surface area contributed by atoms with E-state index in [2.05, 4.69) is 32.7 Å². The molecule has 0 radical (unpaired) electrons. The van der Waals surface area contributed by atoms with Crippen molar-refractivity contribution in [1.29, 1.82) is 0 Å². The predicted octanol–water partition coefficient (Wildman–Crippen LogP) is 2.57. The fourth-order valence-electron chi connectivity index (χ4n) is 0.943. The van der Waals surface area contributed by atoms with Crippen molar-refractivity contribution in [2.45, 2.75) is 32.9 Å². The van der Waals surface area contributed by atoms with Crippen LogP contribution >= 0.6 is 11.8 Å². The summed E-state index contributed by atoms with van der Waals surface area (Å²) < 4.78 is 0. The van der Waals surface area contributed by atoms with Crippen LogP contribution in [0.25, 0.3) is 0 Å². The van der Waals surface area contributed by atoms with E-state index >= 15 is 0 Å². The monoisotopic (exact) mass is 157 g/mol. The molecule has 0 saturated heterocycles. The molecule has 10 heavy (non-hydrogen) atoms. The van der Waals surface area contributed by atoms with Crippen molar-refractivity contribution in [3.05, 3.63) is 0 Å². The van der Waals surface area contributed by atoms with Gasteiger partial charge < -0.3 is 0 Å². The van der Waals surface area contributed by atoms with Crippen LogP contribution in [-0.4, -0.2) is 16.8 Å². The SMILES string of the molecule is CC1=NCC(C(C)(C)C)S1. The Morgan fingerprint density at radius 2 is 2.10 bits per heavy atom. The maximum absolute atomic E-state index is 4.36. The largest absolute Gasteiger partial charge is 0.282 e. The Morgan fingerprint density at radius 1 is 1.50 bits per heavy atom. The Bertz CT molecular complexity index is 155. The van der Waals surface area contributed by atoms with Crippen molar-refractivity contribution >= 4 is 16.8 Å². The Kier molecular flexibility index (Phi) is 2.09. The molecule has 0 bridgehead atoms. The van der Waals surface area contributed by atoms with Gasteiger partial charge >= 0.3 is 0 Å². The maximum Gasteiger partial charge on any atom is 0.0648 e. The molecular weight excluding hydrogens is 142 g/mol. The zero-order chi connectivity index (χ0) is 7.78. The first-order chi connectivity index (χ1) is 4.50. The Hall–Kier alpha value is 0.0200. The predicted molar refractivity (Wildman–Crippen MR) is 48.8 cm³/mol. The van der Waals surface area contributed by atoms with Gasteiger partial charge in [0.25, 0.3) is 0 Å². The van der Waals surface area contributed by atoms with Gasteiger partial charge in [0.15, 0.2) is 0 Å². The number of thioether (sulfide) groups is 1. The smallest absolute Gasteiger partial charge is 0.0648 e. The van der Waals surface area contributed by atoms with Crippen molar-refractivity contribution < 1.29 is 0 Å². The van der Waals surface area contributed by atoms with Crippen LogP contribution in [-0.2, 0) is 0 Å². The van der Waals surface area contributed by atoms with E-state index in [-0.39, 0.29) is 0 Å². The summed E-state index contributed by atoms with van der Waals surface area (Å²) >= 11 is 1.92. The van der Waals surface area contributed by atoms with E-state index in [0.29, 0.717) is 10.7 Å². The summed E-state index contributed by atoms with van der Waals surface area (Å²) in [6, 6.07) is 0. The molecule has 0 amide bonds. The number of hydrogen-bond acceptors (Lipinski definition) is 2. The molecule has 0 aromatic rings. The lowest BCUT2D eigenvalue weighted by Gasteiger charge is -2.24. The van der Waals surface area contributed by atoms with E-state index in [1.807, 2.05) is 11.8 Å². The van der Waals surface area contributed by atoms with Crippen LogP contribution in [0.1, 0.15) is 27.7 Å². The molecule has 0 aromatic carbocycles. The van der Waals surface area contributed by atoms with E-state index in [1.54, 1.807) is 0 Å². The molecule has 2 heteroatoms. The van der Waals surface area contributed by atoms with Crippen LogP contribution in [0.15, 0.2) is 4.99 Å². The summed E-state index contributed by atoms with van der Waals surface area (Å²) in [6.45, 7) is 9.94. The topological polar surface area (TPSA) is 12.4 Å². The first-order valence-electron chi connectivity index (χ1n) is 3.68. The summed E-state index contributed by atoms with van der Waals surface area (Å²) in [4.78, 5) is 4.36. The van der Waals surface area contributed by atoms with Gasteiger partial charge in [-0.05, 0) is 12.3 Å². The zero-order valence-corrected chi connectivity index (χ0v) is 7.96. The molecule has 1 unspecified atom stereocenters. The summed E-state index contributed by atoms with van der Waals surface area (Å²) in [5.41, 5.74) is 0.409. The first-order valence-corrected chi connectivity index (χ1v) is 4.56. The number of aliphatic imine (C=N–C) groups is 1. The van der Waals surface area contributed by atoms with Crippen molar-refractivity contribution in [3.63, 3.8) is 0 Å². The van der Waals surface area contributed by atoms with E-state index < -0.39 is 0 Å². The fourth-order valence-corrected chi connectivity index (χ4v) is 2.01. The molecule has 58 valence electrons. The molecule has 0 saturated carbocycles. The minimum absolute atomic E-state index is 0.409. The lowest BCUT2D eigenvalue weighted by Crippen LogP contribution is -2.23. The highest BCUT2D eigenvalue weighted by Crippen LogP contribution is 2.34. The second-order valence-electron chi connectivity index (χ2n) is 3.83. The second-order valence-corrected chi connectivity index (χ2v) is 5.23. The van der Waals surface area contributed by atoms with Crippen molar-refractivity contribution in [3.8, 4) is 0 Å². The summed E-state index contributed by atoms with van der Waals surface area (Å²) in [6.07, 6.45) is 0. The van der Waals surface area contributed by atoms with Crippen molar-refractivity contribution in [1.82, 2.24) is 0 Å². The minimum Gasteiger partial charge on any atom is -0.282 e. The molecule has 1 aliphatic heterocycles. The molecule has 1 heterocycles. The quantitative estimate of drug-likeness (QED) is 0.526. The van der Waals surface area contributed by atoms with E-state index in [1.165, 1.54) is 5.04 Å².